The minimum absolute atomic E-state index is 0.0395. The summed E-state index contributed by atoms with van der Waals surface area (Å²) in [5, 5.41) is 6.56. The fraction of sp³-hybridized carbons (Fsp3) is 0.538. The number of carbonyl (C=O) groups is 1. The summed E-state index contributed by atoms with van der Waals surface area (Å²) >= 11 is 5.97. The number of anilines is 1. The van der Waals surface area contributed by atoms with Crippen LogP contribution in [0.3, 0.4) is 0 Å². The number of nitrogens with zero attached hydrogens (tertiary/aromatic N) is 1. The Morgan fingerprint density at radius 1 is 1.61 bits per heavy atom. The fourth-order valence-corrected chi connectivity index (χ4v) is 2.40. The largest absolute Gasteiger partial charge is 0.323 e. The first-order valence-electron chi connectivity index (χ1n) is 6.22. The molecule has 2 heterocycles. The zero-order valence-electron chi connectivity index (χ0n) is 10.7. The number of amides is 1. The summed E-state index contributed by atoms with van der Waals surface area (Å²) in [4.78, 5) is 16.2. The van der Waals surface area contributed by atoms with Crippen LogP contribution in [0.2, 0.25) is 5.15 Å². The molecule has 1 aliphatic rings. The third kappa shape index (κ3) is 3.21. The molecule has 5 heteroatoms. The van der Waals surface area contributed by atoms with E-state index < -0.39 is 0 Å². The van der Waals surface area contributed by atoms with Gasteiger partial charge in [0.15, 0.2) is 5.15 Å². The first-order valence-corrected chi connectivity index (χ1v) is 6.60. The fourth-order valence-electron chi connectivity index (χ4n) is 2.25. The average molecular weight is 268 g/mol. The Morgan fingerprint density at radius 3 is 3.11 bits per heavy atom. The van der Waals surface area contributed by atoms with Crippen molar-refractivity contribution < 1.29 is 4.79 Å². The average Bonchev–Trinajstić information content (AvgIpc) is 2.34. The number of carbonyl (C=O) groups excluding carboxylic acids is 1. The van der Waals surface area contributed by atoms with Crippen molar-refractivity contribution in [2.45, 2.75) is 32.7 Å². The van der Waals surface area contributed by atoms with E-state index in [2.05, 4.69) is 22.5 Å². The SMILES string of the molecule is Cc1cnc(Cl)c(NC(=O)C2CCNC(C)C2)c1. The van der Waals surface area contributed by atoms with Gasteiger partial charge in [-0.05, 0) is 44.9 Å². The third-order valence-electron chi connectivity index (χ3n) is 3.23. The molecule has 0 radical (unpaired) electrons. The molecule has 18 heavy (non-hydrogen) atoms. The number of halogens is 1. The molecule has 1 fully saturated rings. The molecule has 2 rings (SSSR count). The lowest BCUT2D eigenvalue weighted by Crippen LogP contribution is -2.40. The quantitative estimate of drug-likeness (QED) is 0.809. The van der Waals surface area contributed by atoms with Crippen molar-refractivity contribution in [3.05, 3.63) is 23.0 Å². The highest BCUT2D eigenvalue weighted by atomic mass is 35.5. The Balaban J connectivity index is 2.04. The second-order valence-corrected chi connectivity index (χ2v) is 5.27. The number of hydrogen-bond acceptors (Lipinski definition) is 3. The van der Waals surface area contributed by atoms with Crippen LogP contribution in [0.25, 0.3) is 0 Å². The van der Waals surface area contributed by atoms with E-state index in [0.29, 0.717) is 16.9 Å². The first kappa shape index (κ1) is 13.3. The Kier molecular flexibility index (Phi) is 4.19. The highest BCUT2D eigenvalue weighted by Gasteiger charge is 2.25. The summed E-state index contributed by atoms with van der Waals surface area (Å²) in [5.41, 5.74) is 1.58. The molecule has 0 saturated carbocycles. The lowest BCUT2D eigenvalue weighted by Gasteiger charge is -2.27. The molecular weight excluding hydrogens is 250 g/mol. The van der Waals surface area contributed by atoms with Crippen molar-refractivity contribution in [1.82, 2.24) is 10.3 Å². The van der Waals surface area contributed by atoms with E-state index >= 15 is 0 Å². The van der Waals surface area contributed by atoms with Crippen LogP contribution in [0.5, 0.6) is 0 Å². The standard InChI is InChI=1S/C13H18ClN3O/c1-8-5-11(12(14)16-7-8)17-13(18)10-3-4-15-9(2)6-10/h5,7,9-10,15H,3-4,6H2,1-2H3,(H,17,18). The van der Waals surface area contributed by atoms with Crippen LogP contribution in [0.15, 0.2) is 12.3 Å². The highest BCUT2D eigenvalue weighted by molar-refractivity contribution is 6.32. The molecule has 4 nitrogen and oxygen atoms in total. The van der Waals surface area contributed by atoms with Crippen LogP contribution in [0.4, 0.5) is 5.69 Å². The molecule has 2 atom stereocenters. The Bertz CT molecular complexity index is 450. The Morgan fingerprint density at radius 2 is 2.39 bits per heavy atom. The van der Waals surface area contributed by atoms with Crippen molar-refractivity contribution >= 4 is 23.2 Å². The maximum Gasteiger partial charge on any atom is 0.227 e. The summed E-state index contributed by atoms with van der Waals surface area (Å²) in [7, 11) is 0. The minimum Gasteiger partial charge on any atom is -0.323 e. The zero-order valence-corrected chi connectivity index (χ0v) is 11.4. The number of hydrogen-bond donors (Lipinski definition) is 2. The van der Waals surface area contributed by atoms with E-state index in [1.807, 2.05) is 13.0 Å². The van der Waals surface area contributed by atoms with Gasteiger partial charge in [0.25, 0.3) is 0 Å². The van der Waals surface area contributed by atoms with E-state index in [4.69, 9.17) is 11.6 Å². The van der Waals surface area contributed by atoms with Gasteiger partial charge in [-0.25, -0.2) is 4.98 Å². The highest BCUT2D eigenvalue weighted by Crippen LogP contribution is 2.23. The normalized spacial score (nSPS) is 23.7. The van der Waals surface area contributed by atoms with Crippen LogP contribution in [-0.4, -0.2) is 23.5 Å². The predicted molar refractivity (Wildman–Crippen MR) is 72.8 cm³/mol. The van der Waals surface area contributed by atoms with Gasteiger partial charge in [0.2, 0.25) is 5.91 Å². The van der Waals surface area contributed by atoms with Crippen molar-refractivity contribution in [3.63, 3.8) is 0 Å². The van der Waals surface area contributed by atoms with E-state index in [0.717, 1.165) is 24.9 Å². The van der Waals surface area contributed by atoms with Gasteiger partial charge in [-0.1, -0.05) is 11.6 Å². The molecule has 1 aliphatic heterocycles. The van der Waals surface area contributed by atoms with Crippen LogP contribution in [0, 0.1) is 12.8 Å². The van der Waals surface area contributed by atoms with E-state index in [1.165, 1.54) is 0 Å². The molecule has 0 bridgehead atoms. The Hall–Kier alpha value is -1.13. The monoisotopic (exact) mass is 267 g/mol. The Labute approximate surface area is 112 Å². The summed E-state index contributed by atoms with van der Waals surface area (Å²) in [5.74, 6) is 0.0930. The maximum atomic E-state index is 12.2. The first-order chi connectivity index (χ1) is 8.56. The molecule has 1 amide bonds. The van der Waals surface area contributed by atoms with Gasteiger partial charge in [-0.15, -0.1) is 0 Å². The second kappa shape index (κ2) is 5.67. The lowest BCUT2D eigenvalue weighted by molar-refractivity contribution is -0.120. The third-order valence-corrected chi connectivity index (χ3v) is 3.53. The van der Waals surface area contributed by atoms with Crippen LogP contribution >= 0.6 is 11.6 Å². The molecule has 1 aromatic heterocycles. The van der Waals surface area contributed by atoms with Gasteiger partial charge in [0.05, 0.1) is 5.69 Å². The smallest absolute Gasteiger partial charge is 0.227 e. The maximum absolute atomic E-state index is 12.2. The van der Waals surface area contributed by atoms with Gasteiger partial charge in [0.1, 0.15) is 0 Å². The second-order valence-electron chi connectivity index (χ2n) is 4.92. The van der Waals surface area contributed by atoms with Crippen LogP contribution < -0.4 is 10.6 Å². The molecule has 2 unspecified atom stereocenters. The van der Waals surface area contributed by atoms with E-state index in [9.17, 15) is 4.79 Å². The number of pyridine rings is 1. The van der Waals surface area contributed by atoms with Gasteiger partial charge < -0.3 is 10.6 Å². The summed E-state index contributed by atoms with van der Waals surface area (Å²) in [6.45, 7) is 4.91. The molecule has 0 aromatic carbocycles. The molecule has 2 N–H and O–H groups in total. The summed E-state index contributed by atoms with van der Waals surface area (Å²) in [6.07, 6.45) is 3.42. The van der Waals surface area contributed by atoms with Gasteiger partial charge >= 0.3 is 0 Å². The number of piperidine rings is 1. The van der Waals surface area contributed by atoms with E-state index in [1.54, 1.807) is 6.20 Å². The number of aryl methyl sites for hydroxylation is 1. The summed E-state index contributed by atoms with van der Waals surface area (Å²) < 4.78 is 0. The van der Waals surface area contributed by atoms with Crippen molar-refractivity contribution in [1.29, 1.82) is 0 Å². The predicted octanol–water partition coefficient (Wildman–Crippen LogP) is 2.37. The molecule has 0 aliphatic carbocycles. The molecule has 98 valence electrons. The van der Waals surface area contributed by atoms with E-state index in [-0.39, 0.29) is 11.8 Å². The van der Waals surface area contributed by atoms with Crippen LogP contribution in [-0.2, 0) is 4.79 Å². The van der Waals surface area contributed by atoms with Crippen molar-refractivity contribution in [2.24, 2.45) is 5.92 Å². The number of aromatic nitrogens is 1. The lowest BCUT2D eigenvalue weighted by atomic mass is 9.92. The van der Waals surface area contributed by atoms with Gasteiger partial charge in [-0.3, -0.25) is 4.79 Å². The molecule has 1 aromatic rings. The summed E-state index contributed by atoms with van der Waals surface area (Å²) in [6, 6.07) is 2.23. The zero-order chi connectivity index (χ0) is 13.1. The van der Waals surface area contributed by atoms with Crippen molar-refractivity contribution in [2.75, 3.05) is 11.9 Å². The molecular formula is C13H18ClN3O. The molecule has 1 saturated heterocycles. The number of rotatable bonds is 2. The minimum atomic E-state index is 0.0395. The molecule has 0 spiro atoms. The van der Waals surface area contributed by atoms with Crippen LogP contribution in [0.1, 0.15) is 25.3 Å². The number of nitrogens with one attached hydrogen (secondary N) is 2. The van der Waals surface area contributed by atoms with Gasteiger partial charge in [-0.2, -0.15) is 0 Å². The topological polar surface area (TPSA) is 54.0 Å². The van der Waals surface area contributed by atoms with Crippen molar-refractivity contribution in [3.8, 4) is 0 Å². The van der Waals surface area contributed by atoms with Gasteiger partial charge in [0, 0.05) is 18.2 Å².